The fourth-order valence-corrected chi connectivity index (χ4v) is 2.70. The topological polar surface area (TPSA) is 38.3 Å². The fraction of sp³-hybridized carbons (Fsp3) is 0.278. The largest absolute Gasteiger partial charge is 0.497 e. The number of ether oxygens (including phenoxy) is 1. The first kappa shape index (κ1) is 16.6. The molecule has 0 atom stereocenters. The van der Waals surface area contributed by atoms with Gasteiger partial charge < -0.3 is 10.1 Å². The highest BCUT2D eigenvalue weighted by Crippen LogP contribution is 2.19. The lowest BCUT2D eigenvalue weighted by Crippen LogP contribution is -2.11. The third-order valence-corrected chi connectivity index (χ3v) is 4.00. The molecule has 0 bridgehead atoms. The SMILES string of the molecule is COc1ccc(CCCC(=O)Nc2cccc(Br)c2)c(C)c1. The molecular weight excluding hydrogens is 342 g/mol. The Hall–Kier alpha value is -1.81. The van der Waals surface area contributed by atoms with Gasteiger partial charge in [-0.25, -0.2) is 0 Å². The second-order valence-electron chi connectivity index (χ2n) is 5.20. The molecule has 1 amide bonds. The van der Waals surface area contributed by atoms with Gasteiger partial charge in [0.05, 0.1) is 7.11 Å². The summed E-state index contributed by atoms with van der Waals surface area (Å²) < 4.78 is 6.16. The fourth-order valence-electron chi connectivity index (χ4n) is 2.30. The number of amides is 1. The molecule has 0 aliphatic rings. The predicted molar refractivity (Wildman–Crippen MR) is 93.4 cm³/mol. The van der Waals surface area contributed by atoms with Crippen molar-refractivity contribution < 1.29 is 9.53 Å². The molecule has 3 nitrogen and oxygen atoms in total. The van der Waals surface area contributed by atoms with Crippen molar-refractivity contribution in [2.24, 2.45) is 0 Å². The quantitative estimate of drug-likeness (QED) is 0.807. The van der Waals surface area contributed by atoms with Crippen molar-refractivity contribution in [3.8, 4) is 5.75 Å². The average Bonchev–Trinajstić information content (AvgIpc) is 2.48. The second-order valence-corrected chi connectivity index (χ2v) is 6.12. The van der Waals surface area contributed by atoms with Gasteiger partial charge in [-0.2, -0.15) is 0 Å². The maximum atomic E-state index is 12.0. The van der Waals surface area contributed by atoms with Crippen molar-refractivity contribution in [1.82, 2.24) is 0 Å². The smallest absolute Gasteiger partial charge is 0.224 e. The lowest BCUT2D eigenvalue weighted by Gasteiger charge is -2.09. The van der Waals surface area contributed by atoms with Gasteiger partial charge in [-0.05, 0) is 61.2 Å². The number of anilines is 1. The molecule has 0 aliphatic carbocycles. The Balaban J connectivity index is 1.82. The summed E-state index contributed by atoms with van der Waals surface area (Å²) in [5.41, 5.74) is 3.28. The Bertz CT molecular complexity index is 655. The van der Waals surface area contributed by atoms with Crippen molar-refractivity contribution >= 4 is 27.5 Å². The van der Waals surface area contributed by atoms with Gasteiger partial charge in [0.2, 0.25) is 5.91 Å². The van der Waals surface area contributed by atoms with Gasteiger partial charge in [-0.15, -0.1) is 0 Å². The van der Waals surface area contributed by atoms with Crippen LogP contribution in [0.25, 0.3) is 0 Å². The van der Waals surface area contributed by atoms with Crippen molar-refractivity contribution in [1.29, 1.82) is 0 Å². The summed E-state index contributed by atoms with van der Waals surface area (Å²) >= 11 is 3.39. The normalized spacial score (nSPS) is 10.3. The summed E-state index contributed by atoms with van der Waals surface area (Å²) in [4.78, 5) is 12.0. The molecule has 2 rings (SSSR count). The van der Waals surface area contributed by atoms with Gasteiger partial charge in [-0.3, -0.25) is 4.79 Å². The van der Waals surface area contributed by atoms with Gasteiger partial charge >= 0.3 is 0 Å². The number of hydrogen-bond acceptors (Lipinski definition) is 2. The lowest BCUT2D eigenvalue weighted by molar-refractivity contribution is -0.116. The number of carbonyl (C=O) groups is 1. The van der Waals surface area contributed by atoms with Crippen LogP contribution in [0.2, 0.25) is 0 Å². The summed E-state index contributed by atoms with van der Waals surface area (Å²) in [6.07, 6.45) is 2.23. The average molecular weight is 362 g/mol. The minimum Gasteiger partial charge on any atom is -0.497 e. The molecule has 0 aliphatic heterocycles. The molecule has 0 saturated carbocycles. The van der Waals surface area contributed by atoms with Crippen LogP contribution in [-0.2, 0) is 11.2 Å². The Morgan fingerprint density at radius 1 is 1.23 bits per heavy atom. The van der Waals surface area contributed by atoms with Crippen LogP contribution in [0, 0.1) is 6.92 Å². The van der Waals surface area contributed by atoms with Gasteiger partial charge in [0, 0.05) is 16.6 Å². The van der Waals surface area contributed by atoms with Crippen LogP contribution in [0.4, 0.5) is 5.69 Å². The highest BCUT2D eigenvalue weighted by molar-refractivity contribution is 9.10. The van der Waals surface area contributed by atoms with E-state index in [9.17, 15) is 4.79 Å². The zero-order chi connectivity index (χ0) is 15.9. The number of halogens is 1. The van der Waals surface area contributed by atoms with Gasteiger partial charge in [0.1, 0.15) is 5.75 Å². The van der Waals surface area contributed by atoms with E-state index < -0.39 is 0 Å². The third-order valence-electron chi connectivity index (χ3n) is 3.51. The molecule has 4 heteroatoms. The van der Waals surface area contributed by atoms with Crippen molar-refractivity contribution in [3.63, 3.8) is 0 Å². The van der Waals surface area contributed by atoms with Crippen LogP contribution < -0.4 is 10.1 Å². The summed E-state index contributed by atoms with van der Waals surface area (Å²) in [5, 5.41) is 2.91. The van der Waals surface area contributed by atoms with E-state index in [1.54, 1.807) is 7.11 Å². The third kappa shape index (κ3) is 4.88. The van der Waals surface area contributed by atoms with Crippen LogP contribution in [0.1, 0.15) is 24.0 Å². The molecule has 0 saturated heterocycles. The predicted octanol–water partition coefficient (Wildman–Crippen LogP) is 4.73. The highest BCUT2D eigenvalue weighted by atomic mass is 79.9. The molecule has 1 N–H and O–H groups in total. The van der Waals surface area contributed by atoms with E-state index in [-0.39, 0.29) is 5.91 Å². The molecule has 0 radical (unpaired) electrons. The number of aryl methyl sites for hydroxylation is 2. The van der Waals surface area contributed by atoms with Crippen molar-refractivity contribution in [2.75, 3.05) is 12.4 Å². The van der Waals surface area contributed by atoms with Crippen molar-refractivity contribution in [3.05, 3.63) is 58.1 Å². The first-order valence-electron chi connectivity index (χ1n) is 7.27. The summed E-state index contributed by atoms with van der Waals surface area (Å²) in [6, 6.07) is 13.7. The molecule has 2 aromatic carbocycles. The first-order chi connectivity index (χ1) is 10.6. The Labute approximate surface area is 139 Å². The van der Waals surface area contributed by atoms with Crippen LogP contribution in [0.15, 0.2) is 46.9 Å². The highest BCUT2D eigenvalue weighted by Gasteiger charge is 2.05. The van der Waals surface area contributed by atoms with Gasteiger partial charge in [0.25, 0.3) is 0 Å². The molecule has 2 aromatic rings. The molecule has 0 aromatic heterocycles. The van der Waals surface area contributed by atoms with Crippen LogP contribution in [-0.4, -0.2) is 13.0 Å². The standard InChI is InChI=1S/C18H20BrNO2/c1-13-11-17(22-2)10-9-14(13)5-3-8-18(21)20-16-7-4-6-15(19)12-16/h4,6-7,9-12H,3,5,8H2,1-2H3,(H,20,21). The van der Waals surface area contributed by atoms with E-state index in [4.69, 9.17) is 4.74 Å². The maximum absolute atomic E-state index is 12.0. The number of carbonyl (C=O) groups excluding carboxylic acids is 1. The molecule has 0 heterocycles. The van der Waals surface area contributed by atoms with Gasteiger partial charge in [0.15, 0.2) is 0 Å². The van der Waals surface area contributed by atoms with Crippen molar-refractivity contribution in [2.45, 2.75) is 26.2 Å². The number of benzene rings is 2. The summed E-state index contributed by atoms with van der Waals surface area (Å²) in [5.74, 6) is 0.915. The number of methoxy groups -OCH3 is 1. The minimum absolute atomic E-state index is 0.0456. The number of hydrogen-bond donors (Lipinski definition) is 1. The van der Waals surface area contributed by atoms with Gasteiger partial charge in [-0.1, -0.05) is 28.1 Å². The molecular formula is C18H20BrNO2. The van der Waals surface area contributed by atoms with Crippen LogP contribution in [0.3, 0.4) is 0 Å². The summed E-state index contributed by atoms with van der Waals surface area (Å²) in [7, 11) is 1.67. The molecule has 0 unspecified atom stereocenters. The Kier molecular flexibility index (Phi) is 6.01. The Morgan fingerprint density at radius 2 is 2.05 bits per heavy atom. The van der Waals surface area contributed by atoms with Crippen LogP contribution >= 0.6 is 15.9 Å². The molecule has 0 fully saturated rings. The van der Waals surface area contributed by atoms with E-state index in [1.165, 1.54) is 11.1 Å². The minimum atomic E-state index is 0.0456. The van der Waals surface area contributed by atoms with E-state index in [1.807, 2.05) is 36.4 Å². The first-order valence-corrected chi connectivity index (χ1v) is 8.06. The number of rotatable bonds is 6. The van der Waals surface area contributed by atoms with E-state index >= 15 is 0 Å². The maximum Gasteiger partial charge on any atom is 0.224 e. The molecule has 116 valence electrons. The molecule has 22 heavy (non-hydrogen) atoms. The van der Waals surface area contributed by atoms with E-state index in [0.717, 1.165) is 28.8 Å². The lowest BCUT2D eigenvalue weighted by atomic mass is 10.0. The second kappa shape index (κ2) is 7.99. The Morgan fingerprint density at radius 3 is 2.73 bits per heavy atom. The zero-order valence-electron chi connectivity index (χ0n) is 12.9. The summed E-state index contributed by atoms with van der Waals surface area (Å²) in [6.45, 7) is 2.07. The van der Waals surface area contributed by atoms with Crippen LogP contribution in [0.5, 0.6) is 5.75 Å². The number of nitrogens with one attached hydrogen (secondary N) is 1. The van der Waals surface area contributed by atoms with E-state index in [0.29, 0.717) is 6.42 Å². The monoisotopic (exact) mass is 361 g/mol. The zero-order valence-corrected chi connectivity index (χ0v) is 14.4. The molecule has 0 spiro atoms. The van der Waals surface area contributed by atoms with E-state index in [2.05, 4.69) is 34.2 Å².